The van der Waals surface area contributed by atoms with E-state index in [1.54, 1.807) is 0 Å². The lowest BCUT2D eigenvalue weighted by atomic mass is 9.75. The van der Waals surface area contributed by atoms with Crippen molar-refractivity contribution in [3.63, 3.8) is 0 Å². The van der Waals surface area contributed by atoms with E-state index < -0.39 is 0 Å². The van der Waals surface area contributed by atoms with Crippen LogP contribution in [0.4, 0.5) is 11.4 Å². The van der Waals surface area contributed by atoms with Crippen LogP contribution < -0.4 is 15.4 Å². The van der Waals surface area contributed by atoms with Gasteiger partial charge in [0, 0.05) is 11.6 Å². The first kappa shape index (κ1) is 20.4. The van der Waals surface area contributed by atoms with Gasteiger partial charge in [-0.1, -0.05) is 48.6 Å². The lowest BCUT2D eigenvalue weighted by Crippen LogP contribution is -2.31. The number of aryl methyl sites for hydroxylation is 1. The van der Waals surface area contributed by atoms with Crippen molar-refractivity contribution in [3.05, 3.63) is 101 Å². The molecule has 3 aromatic rings. The number of hydrogen-bond donors (Lipinski definition) is 2. The number of benzene rings is 3. The van der Waals surface area contributed by atoms with Crippen LogP contribution in [-0.4, -0.2) is 12.5 Å². The molecule has 0 radical (unpaired) electrons. The highest BCUT2D eigenvalue weighted by molar-refractivity contribution is 6.08. The Bertz CT molecular complexity index is 1170. The predicted molar refractivity (Wildman–Crippen MR) is 130 cm³/mol. The molecule has 3 aromatic carbocycles. The van der Waals surface area contributed by atoms with Crippen molar-refractivity contribution in [2.24, 2.45) is 5.92 Å². The Morgan fingerprint density at radius 2 is 1.81 bits per heavy atom. The van der Waals surface area contributed by atoms with Crippen molar-refractivity contribution >= 4 is 17.3 Å². The number of fused-ring (bicyclic) bond motifs is 3. The molecule has 2 N–H and O–H groups in total. The van der Waals surface area contributed by atoms with Crippen LogP contribution >= 0.6 is 0 Å². The van der Waals surface area contributed by atoms with Gasteiger partial charge in [-0.2, -0.15) is 0 Å². The lowest BCUT2D eigenvalue weighted by Gasteiger charge is -2.39. The first-order chi connectivity index (χ1) is 15.7. The Morgan fingerprint density at radius 3 is 2.59 bits per heavy atom. The van der Waals surface area contributed by atoms with E-state index in [1.165, 1.54) is 16.7 Å². The molecular formula is C28H28N2O2. The Hall–Kier alpha value is -3.53. The number of rotatable bonds is 5. The largest absolute Gasteiger partial charge is 0.494 e. The third-order valence-corrected chi connectivity index (χ3v) is 6.59. The van der Waals surface area contributed by atoms with Crippen LogP contribution in [0.25, 0.3) is 0 Å². The molecule has 0 fully saturated rings. The van der Waals surface area contributed by atoms with E-state index in [4.69, 9.17) is 4.74 Å². The third kappa shape index (κ3) is 3.66. The number of nitrogens with one attached hydrogen (secondary N) is 2. The number of hydrogen-bond acceptors (Lipinski definition) is 3. The molecule has 0 spiro atoms. The quantitative estimate of drug-likeness (QED) is 0.461. The van der Waals surface area contributed by atoms with Crippen molar-refractivity contribution in [2.75, 3.05) is 17.2 Å². The zero-order valence-electron chi connectivity index (χ0n) is 18.5. The summed E-state index contributed by atoms with van der Waals surface area (Å²) in [6, 6.07) is 22.3. The number of ether oxygens (including phenoxy) is 1. The number of carbonyl (C=O) groups is 1. The Morgan fingerprint density at radius 1 is 1.03 bits per heavy atom. The van der Waals surface area contributed by atoms with Crippen molar-refractivity contribution in [1.29, 1.82) is 0 Å². The van der Waals surface area contributed by atoms with Crippen molar-refractivity contribution < 1.29 is 9.53 Å². The number of amides is 1. The SMILES string of the molecule is CCOc1ccc(NC(=O)c2cccc3c2NC(c2ccccc2C)C2CC=CC32)cc1. The van der Waals surface area contributed by atoms with Crippen LogP contribution in [0.3, 0.4) is 0 Å². The zero-order chi connectivity index (χ0) is 22.1. The van der Waals surface area contributed by atoms with Crippen LogP contribution in [0.15, 0.2) is 78.9 Å². The first-order valence-electron chi connectivity index (χ1n) is 11.3. The maximum absolute atomic E-state index is 13.3. The fourth-order valence-electron chi connectivity index (χ4n) is 5.05. The van der Waals surface area contributed by atoms with Crippen molar-refractivity contribution in [3.8, 4) is 5.75 Å². The molecule has 3 atom stereocenters. The number of allylic oxidation sites excluding steroid dienone is 2. The second kappa shape index (κ2) is 8.54. The summed E-state index contributed by atoms with van der Waals surface area (Å²) in [5.74, 6) is 1.45. The molecule has 0 saturated carbocycles. The second-order valence-corrected chi connectivity index (χ2v) is 8.51. The minimum Gasteiger partial charge on any atom is -0.494 e. The van der Waals surface area contributed by atoms with E-state index in [-0.39, 0.29) is 11.9 Å². The summed E-state index contributed by atoms with van der Waals surface area (Å²) in [7, 11) is 0. The van der Waals surface area contributed by atoms with Gasteiger partial charge in [0.1, 0.15) is 5.75 Å². The van der Waals surface area contributed by atoms with Crippen LogP contribution in [0.2, 0.25) is 0 Å². The van der Waals surface area contributed by atoms with Crippen LogP contribution in [0.1, 0.15) is 52.4 Å². The fourth-order valence-corrected chi connectivity index (χ4v) is 5.05. The minimum atomic E-state index is -0.109. The van der Waals surface area contributed by atoms with Gasteiger partial charge in [0.05, 0.1) is 23.9 Å². The standard InChI is InChI=1S/C28H28N2O2/c1-3-32-20-16-14-19(15-17-20)29-28(31)25-13-7-12-24-22-10-6-11-23(22)26(30-27(24)25)21-9-5-4-8-18(21)2/h4-10,12-17,22-23,26,30H,3,11H2,1-2H3,(H,29,31). The molecule has 32 heavy (non-hydrogen) atoms. The smallest absolute Gasteiger partial charge is 0.257 e. The average Bonchev–Trinajstić information content (AvgIpc) is 3.30. The van der Waals surface area contributed by atoms with Gasteiger partial charge in [0.2, 0.25) is 0 Å². The zero-order valence-corrected chi connectivity index (χ0v) is 18.5. The van der Waals surface area contributed by atoms with E-state index in [0.717, 1.165) is 23.5 Å². The Kier molecular flexibility index (Phi) is 5.44. The molecule has 0 saturated heterocycles. The van der Waals surface area contributed by atoms with Gasteiger partial charge in [0.15, 0.2) is 0 Å². The van der Waals surface area contributed by atoms with Crippen molar-refractivity contribution in [2.45, 2.75) is 32.2 Å². The first-order valence-corrected chi connectivity index (χ1v) is 11.3. The summed E-state index contributed by atoms with van der Waals surface area (Å²) in [6.45, 7) is 4.73. The summed E-state index contributed by atoms with van der Waals surface area (Å²) in [4.78, 5) is 13.3. The molecule has 4 nitrogen and oxygen atoms in total. The normalized spacial score (nSPS) is 20.8. The Labute approximate surface area is 189 Å². The summed E-state index contributed by atoms with van der Waals surface area (Å²) in [6.07, 6.45) is 5.63. The summed E-state index contributed by atoms with van der Waals surface area (Å²) in [5.41, 5.74) is 6.15. The highest BCUT2D eigenvalue weighted by Crippen LogP contribution is 2.51. The van der Waals surface area contributed by atoms with Crippen LogP contribution in [-0.2, 0) is 0 Å². The van der Waals surface area contributed by atoms with E-state index in [0.29, 0.717) is 24.0 Å². The van der Waals surface area contributed by atoms with E-state index in [1.807, 2.05) is 43.3 Å². The molecule has 162 valence electrons. The van der Waals surface area contributed by atoms with Gasteiger partial charge in [0.25, 0.3) is 5.91 Å². The van der Waals surface area contributed by atoms with Gasteiger partial charge in [-0.3, -0.25) is 4.79 Å². The molecule has 4 heteroatoms. The molecule has 0 bridgehead atoms. The summed E-state index contributed by atoms with van der Waals surface area (Å²) < 4.78 is 5.50. The summed E-state index contributed by atoms with van der Waals surface area (Å²) >= 11 is 0. The number of carbonyl (C=O) groups excluding carboxylic acids is 1. The second-order valence-electron chi connectivity index (χ2n) is 8.51. The molecule has 1 aliphatic carbocycles. The maximum atomic E-state index is 13.3. The monoisotopic (exact) mass is 424 g/mol. The van der Waals surface area contributed by atoms with Crippen LogP contribution in [0.5, 0.6) is 5.75 Å². The number of para-hydroxylation sites is 1. The van der Waals surface area contributed by atoms with E-state index in [9.17, 15) is 4.79 Å². The molecule has 1 amide bonds. The number of anilines is 2. The van der Waals surface area contributed by atoms with Crippen LogP contribution in [0, 0.1) is 12.8 Å². The summed E-state index contributed by atoms with van der Waals surface area (Å²) in [5, 5.41) is 6.82. The molecule has 1 heterocycles. The minimum absolute atomic E-state index is 0.109. The molecule has 2 aliphatic rings. The van der Waals surface area contributed by atoms with E-state index in [2.05, 4.69) is 60.0 Å². The molecule has 0 aromatic heterocycles. The van der Waals surface area contributed by atoms with Gasteiger partial charge in [-0.15, -0.1) is 0 Å². The fraction of sp³-hybridized carbons (Fsp3) is 0.250. The average molecular weight is 425 g/mol. The molecular weight excluding hydrogens is 396 g/mol. The molecule has 3 unspecified atom stereocenters. The third-order valence-electron chi connectivity index (χ3n) is 6.59. The molecule has 5 rings (SSSR count). The van der Waals surface area contributed by atoms with Gasteiger partial charge in [-0.25, -0.2) is 0 Å². The lowest BCUT2D eigenvalue weighted by molar-refractivity contribution is 0.102. The van der Waals surface area contributed by atoms with Gasteiger partial charge >= 0.3 is 0 Å². The maximum Gasteiger partial charge on any atom is 0.257 e. The molecule has 1 aliphatic heterocycles. The van der Waals surface area contributed by atoms with E-state index >= 15 is 0 Å². The van der Waals surface area contributed by atoms with Crippen molar-refractivity contribution in [1.82, 2.24) is 0 Å². The Balaban J connectivity index is 1.48. The van der Waals surface area contributed by atoms with Gasteiger partial charge < -0.3 is 15.4 Å². The highest BCUT2D eigenvalue weighted by Gasteiger charge is 2.39. The predicted octanol–water partition coefficient (Wildman–Crippen LogP) is 6.47. The van der Waals surface area contributed by atoms with Gasteiger partial charge in [-0.05, 0) is 73.2 Å². The highest BCUT2D eigenvalue weighted by atomic mass is 16.5. The topological polar surface area (TPSA) is 50.4 Å².